The van der Waals surface area contributed by atoms with E-state index in [0.717, 1.165) is 38.4 Å². The fourth-order valence-electron chi connectivity index (χ4n) is 2.63. The Morgan fingerprint density at radius 1 is 1.48 bits per heavy atom. The number of rotatable bonds is 7. The van der Waals surface area contributed by atoms with Gasteiger partial charge in [-0.25, -0.2) is 13.1 Å². The van der Waals surface area contributed by atoms with Crippen molar-refractivity contribution in [2.45, 2.75) is 24.2 Å². The van der Waals surface area contributed by atoms with Crippen LogP contribution in [0, 0.1) is 16.0 Å². The van der Waals surface area contributed by atoms with E-state index < -0.39 is 14.9 Å². The molecule has 1 unspecified atom stereocenters. The number of benzene rings is 1. The van der Waals surface area contributed by atoms with Crippen LogP contribution >= 0.6 is 0 Å². The Morgan fingerprint density at radius 2 is 2.26 bits per heavy atom. The van der Waals surface area contributed by atoms with Gasteiger partial charge in [0.2, 0.25) is 10.0 Å². The number of sulfonamides is 1. The van der Waals surface area contributed by atoms with Crippen molar-refractivity contribution in [3.8, 4) is 5.75 Å². The number of ether oxygens (including phenoxy) is 1. The van der Waals surface area contributed by atoms with Crippen molar-refractivity contribution in [1.29, 1.82) is 0 Å². The zero-order valence-corrected chi connectivity index (χ0v) is 13.8. The monoisotopic (exact) mass is 343 g/mol. The maximum atomic E-state index is 12.4. The van der Waals surface area contributed by atoms with E-state index in [1.165, 1.54) is 19.2 Å². The van der Waals surface area contributed by atoms with Crippen molar-refractivity contribution in [2.75, 3.05) is 26.7 Å². The molecule has 1 aromatic carbocycles. The van der Waals surface area contributed by atoms with Gasteiger partial charge in [-0.15, -0.1) is 0 Å². The molecule has 1 aliphatic heterocycles. The Labute approximate surface area is 135 Å². The lowest BCUT2D eigenvalue weighted by atomic mass is 9.96. The van der Waals surface area contributed by atoms with Gasteiger partial charge in [0.1, 0.15) is 10.6 Å². The van der Waals surface area contributed by atoms with Gasteiger partial charge in [-0.1, -0.05) is 0 Å². The van der Waals surface area contributed by atoms with Gasteiger partial charge in [-0.05, 0) is 44.3 Å². The molecule has 8 nitrogen and oxygen atoms in total. The minimum atomic E-state index is -3.86. The molecule has 2 N–H and O–H groups in total. The number of hydrogen-bond donors (Lipinski definition) is 2. The quantitative estimate of drug-likeness (QED) is 0.570. The van der Waals surface area contributed by atoms with E-state index >= 15 is 0 Å². The molecule has 23 heavy (non-hydrogen) atoms. The van der Waals surface area contributed by atoms with Crippen molar-refractivity contribution in [2.24, 2.45) is 5.92 Å². The van der Waals surface area contributed by atoms with E-state index in [9.17, 15) is 18.5 Å². The summed E-state index contributed by atoms with van der Waals surface area (Å²) in [5.74, 6) is 0.529. The summed E-state index contributed by atoms with van der Waals surface area (Å²) < 4.78 is 32.3. The standard InChI is InChI=1S/C14H21N3O5S/c1-22-13-5-4-12(17(18)19)9-14(13)23(20,21)16-8-6-11-3-2-7-15-10-11/h4-5,9,11,15-16H,2-3,6-8,10H2,1H3. The number of non-ortho nitro benzene ring substituents is 1. The molecule has 0 spiro atoms. The summed E-state index contributed by atoms with van der Waals surface area (Å²) >= 11 is 0. The van der Waals surface area contributed by atoms with Gasteiger partial charge < -0.3 is 10.1 Å². The van der Waals surface area contributed by atoms with Crippen LogP contribution in [0.5, 0.6) is 5.75 Å². The normalized spacial score (nSPS) is 18.6. The highest BCUT2D eigenvalue weighted by Crippen LogP contribution is 2.28. The number of hydrogen-bond acceptors (Lipinski definition) is 6. The molecule has 0 aliphatic carbocycles. The van der Waals surface area contributed by atoms with Crippen LogP contribution in [-0.2, 0) is 10.0 Å². The fourth-order valence-corrected chi connectivity index (χ4v) is 3.87. The van der Waals surface area contributed by atoms with Crippen LogP contribution in [-0.4, -0.2) is 40.1 Å². The molecule has 1 atom stereocenters. The first-order valence-corrected chi connectivity index (χ1v) is 8.95. The van der Waals surface area contributed by atoms with Gasteiger partial charge in [0, 0.05) is 18.7 Å². The Kier molecular flexibility index (Phi) is 5.91. The molecule has 1 aliphatic rings. The van der Waals surface area contributed by atoms with Crippen LogP contribution in [0.3, 0.4) is 0 Å². The summed E-state index contributed by atoms with van der Waals surface area (Å²) in [5.41, 5.74) is -0.289. The van der Waals surface area contributed by atoms with Gasteiger partial charge in [0.05, 0.1) is 12.0 Å². The predicted molar refractivity (Wildman–Crippen MR) is 85.0 cm³/mol. The lowest BCUT2D eigenvalue weighted by Gasteiger charge is -2.22. The molecule has 9 heteroatoms. The average molecular weight is 343 g/mol. The Bertz CT molecular complexity index is 656. The van der Waals surface area contributed by atoms with Crippen molar-refractivity contribution >= 4 is 15.7 Å². The third kappa shape index (κ3) is 4.63. The number of nitrogens with one attached hydrogen (secondary N) is 2. The number of nitro benzene ring substituents is 1. The Hall–Kier alpha value is -1.71. The zero-order valence-electron chi connectivity index (χ0n) is 12.9. The molecular weight excluding hydrogens is 322 g/mol. The van der Waals surface area contributed by atoms with E-state index in [-0.39, 0.29) is 16.3 Å². The van der Waals surface area contributed by atoms with Crippen LogP contribution in [0.1, 0.15) is 19.3 Å². The first-order chi connectivity index (χ1) is 10.9. The van der Waals surface area contributed by atoms with Gasteiger partial charge in [-0.3, -0.25) is 10.1 Å². The van der Waals surface area contributed by atoms with Gasteiger partial charge >= 0.3 is 0 Å². The van der Waals surface area contributed by atoms with Crippen molar-refractivity contribution in [3.05, 3.63) is 28.3 Å². The second-order valence-electron chi connectivity index (χ2n) is 5.49. The van der Waals surface area contributed by atoms with E-state index in [4.69, 9.17) is 4.74 Å². The second kappa shape index (κ2) is 7.71. The summed E-state index contributed by atoms with van der Waals surface area (Å²) in [4.78, 5) is 10.00. The maximum absolute atomic E-state index is 12.4. The number of nitro groups is 1. The van der Waals surface area contributed by atoms with E-state index in [1.54, 1.807) is 0 Å². The predicted octanol–water partition coefficient (Wildman–Crippen LogP) is 1.27. The molecule has 128 valence electrons. The van der Waals surface area contributed by atoms with Crippen LogP contribution in [0.2, 0.25) is 0 Å². The SMILES string of the molecule is COc1ccc([N+](=O)[O-])cc1S(=O)(=O)NCCC1CCCNC1. The summed E-state index contributed by atoms with van der Waals surface area (Å²) in [6.07, 6.45) is 2.90. The number of piperidine rings is 1. The lowest BCUT2D eigenvalue weighted by Crippen LogP contribution is -2.33. The van der Waals surface area contributed by atoms with E-state index in [0.29, 0.717) is 12.5 Å². The van der Waals surface area contributed by atoms with E-state index in [2.05, 4.69) is 10.0 Å². The smallest absolute Gasteiger partial charge is 0.271 e. The summed E-state index contributed by atoms with van der Waals surface area (Å²) in [5, 5.41) is 14.1. The molecule has 0 amide bonds. The first kappa shape index (κ1) is 17.6. The molecule has 1 heterocycles. The van der Waals surface area contributed by atoms with Crippen LogP contribution in [0.25, 0.3) is 0 Å². The topological polar surface area (TPSA) is 111 Å². The molecule has 0 saturated carbocycles. The zero-order chi connectivity index (χ0) is 16.9. The van der Waals surface area contributed by atoms with E-state index in [1.807, 2.05) is 0 Å². The molecule has 0 aromatic heterocycles. The molecule has 2 rings (SSSR count). The second-order valence-corrected chi connectivity index (χ2v) is 7.23. The largest absolute Gasteiger partial charge is 0.495 e. The molecule has 0 bridgehead atoms. The Balaban J connectivity index is 2.08. The summed E-state index contributed by atoms with van der Waals surface area (Å²) in [6, 6.07) is 3.52. The molecule has 1 saturated heterocycles. The highest BCUT2D eigenvalue weighted by atomic mass is 32.2. The number of methoxy groups -OCH3 is 1. The van der Waals surface area contributed by atoms with Crippen molar-refractivity contribution < 1.29 is 18.1 Å². The van der Waals surface area contributed by atoms with Gasteiger partial charge in [0.15, 0.2) is 0 Å². The van der Waals surface area contributed by atoms with Crippen LogP contribution < -0.4 is 14.8 Å². The maximum Gasteiger partial charge on any atom is 0.271 e. The third-order valence-corrected chi connectivity index (χ3v) is 5.37. The first-order valence-electron chi connectivity index (χ1n) is 7.47. The fraction of sp³-hybridized carbons (Fsp3) is 0.571. The van der Waals surface area contributed by atoms with Crippen molar-refractivity contribution in [1.82, 2.24) is 10.0 Å². The van der Waals surface area contributed by atoms with Gasteiger partial charge in [0.25, 0.3) is 5.69 Å². The number of nitrogens with zero attached hydrogens (tertiary/aromatic N) is 1. The van der Waals surface area contributed by atoms with Crippen molar-refractivity contribution in [3.63, 3.8) is 0 Å². The van der Waals surface area contributed by atoms with Crippen LogP contribution in [0.15, 0.2) is 23.1 Å². The minimum absolute atomic E-state index is 0.0856. The molecular formula is C14H21N3O5S. The highest BCUT2D eigenvalue weighted by Gasteiger charge is 2.23. The van der Waals surface area contributed by atoms with Crippen LogP contribution in [0.4, 0.5) is 5.69 Å². The third-order valence-electron chi connectivity index (χ3n) is 3.89. The lowest BCUT2D eigenvalue weighted by molar-refractivity contribution is -0.385. The average Bonchev–Trinajstić information content (AvgIpc) is 2.55. The van der Waals surface area contributed by atoms with Gasteiger partial charge in [-0.2, -0.15) is 0 Å². The summed E-state index contributed by atoms with van der Waals surface area (Å²) in [7, 11) is -2.53. The Morgan fingerprint density at radius 3 is 2.87 bits per heavy atom. The molecule has 0 radical (unpaired) electrons. The highest BCUT2D eigenvalue weighted by molar-refractivity contribution is 7.89. The minimum Gasteiger partial charge on any atom is -0.495 e. The summed E-state index contributed by atoms with van der Waals surface area (Å²) in [6.45, 7) is 2.19. The molecule has 1 fully saturated rings. The molecule has 1 aromatic rings.